The Kier molecular flexibility index (Phi) is 5.86. The molecule has 0 unspecified atom stereocenters. The second kappa shape index (κ2) is 8.27. The zero-order chi connectivity index (χ0) is 21.6. The Bertz CT molecular complexity index is 1010. The van der Waals surface area contributed by atoms with Crippen LogP contribution in [0.15, 0.2) is 42.5 Å². The molecule has 4 atom stereocenters. The van der Waals surface area contributed by atoms with E-state index in [0.29, 0.717) is 24.1 Å². The Labute approximate surface area is 192 Å². The summed E-state index contributed by atoms with van der Waals surface area (Å²) in [6.45, 7) is 3.95. The lowest BCUT2D eigenvalue weighted by Crippen LogP contribution is -2.34. The van der Waals surface area contributed by atoms with E-state index in [-0.39, 0.29) is 39.2 Å². The average Bonchev–Trinajstić information content (AvgIpc) is 2.95. The van der Waals surface area contributed by atoms with Gasteiger partial charge in [-0.1, -0.05) is 50.1 Å². The van der Waals surface area contributed by atoms with Crippen LogP contribution in [0.1, 0.15) is 34.3 Å². The molecule has 1 heterocycles. The van der Waals surface area contributed by atoms with Crippen LogP contribution in [0.25, 0.3) is 0 Å². The summed E-state index contributed by atoms with van der Waals surface area (Å²) in [5.74, 6) is -1.27. The van der Waals surface area contributed by atoms with Gasteiger partial charge in [-0.3, -0.25) is 19.3 Å². The third-order valence-corrected chi connectivity index (χ3v) is 8.86. The second-order valence-electron chi connectivity index (χ2n) is 7.98. The molecular weight excluding hydrogens is 512 g/mol. The number of imide groups is 1. The van der Waals surface area contributed by atoms with Crippen molar-refractivity contribution in [3.05, 3.63) is 59.2 Å². The molecule has 0 aromatic heterocycles. The third-order valence-electron chi connectivity index (χ3n) is 6.13. The van der Waals surface area contributed by atoms with E-state index in [1.165, 1.54) is 4.90 Å². The minimum absolute atomic E-state index is 0.158. The number of fused-ring (bicyclic) bond motifs is 1. The summed E-state index contributed by atoms with van der Waals surface area (Å²) in [5.41, 5.74) is 3.69. The number of hydrogen-bond donors (Lipinski definition) is 1. The van der Waals surface area contributed by atoms with E-state index < -0.39 is 0 Å². The predicted molar refractivity (Wildman–Crippen MR) is 124 cm³/mol. The van der Waals surface area contributed by atoms with Gasteiger partial charge in [0.1, 0.15) is 0 Å². The molecule has 3 amide bonds. The number of rotatable bonds is 3. The van der Waals surface area contributed by atoms with E-state index >= 15 is 0 Å². The average molecular weight is 534 g/mol. The van der Waals surface area contributed by atoms with Gasteiger partial charge < -0.3 is 5.32 Å². The van der Waals surface area contributed by atoms with Gasteiger partial charge in [0.15, 0.2) is 0 Å². The van der Waals surface area contributed by atoms with E-state index in [0.717, 1.165) is 16.8 Å². The SMILES string of the molecule is Cc1cccc(NC(=O)c2cccc(N3C(=O)[C@H]4C[C@@H](Br)[C@@H](Br)C[C@H]4C3=O)c2)c1C. The number of nitrogens with one attached hydrogen (secondary N) is 1. The minimum atomic E-state index is -0.317. The minimum Gasteiger partial charge on any atom is -0.322 e. The topological polar surface area (TPSA) is 66.5 Å². The molecule has 2 aromatic carbocycles. The second-order valence-corrected chi connectivity index (χ2v) is 10.3. The van der Waals surface area contributed by atoms with Crippen LogP contribution in [0.2, 0.25) is 0 Å². The molecule has 1 aliphatic carbocycles. The maximum absolute atomic E-state index is 13.0. The highest BCUT2D eigenvalue weighted by Gasteiger charge is 2.52. The van der Waals surface area contributed by atoms with Crippen molar-refractivity contribution in [2.75, 3.05) is 10.2 Å². The van der Waals surface area contributed by atoms with E-state index in [1.54, 1.807) is 24.3 Å². The number of aryl methyl sites for hydroxylation is 1. The third kappa shape index (κ3) is 3.73. The number of amides is 3. The van der Waals surface area contributed by atoms with Crippen LogP contribution in [0.3, 0.4) is 0 Å². The number of carbonyl (C=O) groups is 3. The summed E-state index contributed by atoms with van der Waals surface area (Å²) in [6, 6.07) is 12.5. The smallest absolute Gasteiger partial charge is 0.255 e. The lowest BCUT2D eigenvalue weighted by molar-refractivity contribution is -0.122. The number of hydrogen-bond acceptors (Lipinski definition) is 3. The Hall–Kier alpha value is -1.99. The highest BCUT2D eigenvalue weighted by molar-refractivity contribution is 9.12. The zero-order valence-corrected chi connectivity index (χ0v) is 19.9. The number of carbonyl (C=O) groups excluding carboxylic acids is 3. The van der Waals surface area contributed by atoms with Gasteiger partial charge in [-0.15, -0.1) is 0 Å². The maximum atomic E-state index is 13.0. The first-order chi connectivity index (χ1) is 14.3. The number of nitrogens with zero attached hydrogens (tertiary/aromatic N) is 1. The van der Waals surface area contributed by atoms with Crippen molar-refractivity contribution in [3.63, 3.8) is 0 Å². The lowest BCUT2D eigenvalue weighted by atomic mass is 9.81. The number of halogens is 2. The van der Waals surface area contributed by atoms with Crippen LogP contribution in [-0.4, -0.2) is 27.4 Å². The van der Waals surface area contributed by atoms with Gasteiger partial charge in [0.25, 0.3) is 5.91 Å². The first-order valence-electron chi connectivity index (χ1n) is 9.91. The molecule has 5 nitrogen and oxygen atoms in total. The monoisotopic (exact) mass is 532 g/mol. The lowest BCUT2D eigenvalue weighted by Gasteiger charge is -2.29. The molecule has 7 heteroatoms. The first kappa shape index (κ1) is 21.2. The molecule has 1 aliphatic heterocycles. The highest BCUT2D eigenvalue weighted by Crippen LogP contribution is 2.44. The molecule has 2 fully saturated rings. The van der Waals surface area contributed by atoms with Crippen molar-refractivity contribution < 1.29 is 14.4 Å². The van der Waals surface area contributed by atoms with Gasteiger partial charge in [-0.2, -0.15) is 0 Å². The summed E-state index contributed by atoms with van der Waals surface area (Å²) in [7, 11) is 0. The molecule has 1 N–H and O–H groups in total. The van der Waals surface area contributed by atoms with E-state index in [1.807, 2.05) is 32.0 Å². The van der Waals surface area contributed by atoms with Gasteiger partial charge in [0, 0.05) is 20.9 Å². The van der Waals surface area contributed by atoms with Gasteiger partial charge in [0.2, 0.25) is 11.8 Å². The van der Waals surface area contributed by atoms with Gasteiger partial charge in [0.05, 0.1) is 17.5 Å². The standard InChI is InChI=1S/C23H22Br2N2O3/c1-12-5-3-8-20(13(12)2)26-21(28)14-6-4-7-15(9-14)27-22(29)16-10-18(24)19(25)11-17(16)23(27)30/h3-9,16-19H,10-11H2,1-2H3,(H,26,28)/t16-,17+,18+,19-. The summed E-state index contributed by atoms with van der Waals surface area (Å²) in [6.07, 6.45) is 1.24. The quantitative estimate of drug-likeness (QED) is 0.447. The number of anilines is 2. The molecule has 0 radical (unpaired) electrons. The van der Waals surface area contributed by atoms with Crippen molar-refractivity contribution in [2.45, 2.75) is 36.3 Å². The normalized spacial score (nSPS) is 25.9. The van der Waals surface area contributed by atoms with Crippen LogP contribution >= 0.6 is 31.9 Å². The van der Waals surface area contributed by atoms with E-state index in [4.69, 9.17) is 0 Å². The van der Waals surface area contributed by atoms with Crippen molar-refractivity contribution >= 4 is 61.0 Å². The maximum Gasteiger partial charge on any atom is 0.255 e. The summed E-state index contributed by atoms with van der Waals surface area (Å²) >= 11 is 7.21. The fraction of sp³-hybridized carbons (Fsp3) is 0.348. The largest absolute Gasteiger partial charge is 0.322 e. The Morgan fingerprint density at radius 1 is 0.967 bits per heavy atom. The Balaban J connectivity index is 1.59. The molecule has 2 aromatic rings. The zero-order valence-electron chi connectivity index (χ0n) is 16.7. The number of benzene rings is 2. The van der Waals surface area contributed by atoms with E-state index in [9.17, 15) is 14.4 Å². The summed E-state index contributed by atoms with van der Waals surface area (Å²) in [4.78, 5) is 40.5. The highest BCUT2D eigenvalue weighted by atomic mass is 79.9. The fourth-order valence-electron chi connectivity index (χ4n) is 4.22. The van der Waals surface area contributed by atoms with Crippen LogP contribution in [0, 0.1) is 25.7 Å². The predicted octanol–water partition coefficient (Wildman–Crippen LogP) is 4.98. The number of alkyl halides is 2. The van der Waals surface area contributed by atoms with Crippen LogP contribution < -0.4 is 10.2 Å². The van der Waals surface area contributed by atoms with Crippen LogP contribution in [0.5, 0.6) is 0 Å². The van der Waals surface area contributed by atoms with Crippen LogP contribution in [-0.2, 0) is 9.59 Å². The van der Waals surface area contributed by atoms with Crippen molar-refractivity contribution in [3.8, 4) is 0 Å². The summed E-state index contributed by atoms with van der Waals surface area (Å²) < 4.78 is 0. The molecule has 1 saturated heterocycles. The van der Waals surface area contributed by atoms with E-state index in [2.05, 4.69) is 37.2 Å². The van der Waals surface area contributed by atoms with Crippen molar-refractivity contribution in [1.29, 1.82) is 0 Å². The molecule has 2 aliphatic rings. The van der Waals surface area contributed by atoms with Crippen molar-refractivity contribution in [2.24, 2.45) is 11.8 Å². The molecule has 156 valence electrons. The molecule has 0 bridgehead atoms. The van der Waals surface area contributed by atoms with Gasteiger partial charge in [-0.25, -0.2) is 0 Å². The Morgan fingerprint density at radius 3 is 2.20 bits per heavy atom. The fourth-order valence-corrected chi connectivity index (χ4v) is 5.45. The van der Waals surface area contributed by atoms with Crippen molar-refractivity contribution in [1.82, 2.24) is 0 Å². The Morgan fingerprint density at radius 2 is 1.57 bits per heavy atom. The first-order valence-corrected chi connectivity index (χ1v) is 11.7. The van der Waals surface area contributed by atoms with Gasteiger partial charge >= 0.3 is 0 Å². The molecule has 1 saturated carbocycles. The summed E-state index contributed by atoms with van der Waals surface area (Å²) in [5, 5.41) is 2.93. The van der Waals surface area contributed by atoms with Crippen LogP contribution in [0.4, 0.5) is 11.4 Å². The molecule has 4 rings (SSSR count). The molecule has 0 spiro atoms. The molecular formula is C23H22Br2N2O3. The molecule has 30 heavy (non-hydrogen) atoms. The van der Waals surface area contributed by atoms with Gasteiger partial charge in [-0.05, 0) is 62.1 Å².